The fraction of sp³-hybridized carbons (Fsp3) is 0.400. The van der Waals surface area contributed by atoms with Crippen molar-refractivity contribution in [2.45, 2.75) is 19.9 Å². The number of rotatable bonds is 9. The summed E-state index contributed by atoms with van der Waals surface area (Å²) in [5, 5.41) is 4.00. The van der Waals surface area contributed by atoms with Gasteiger partial charge in [-0.05, 0) is 24.6 Å². The third kappa shape index (κ3) is 5.05. The van der Waals surface area contributed by atoms with Gasteiger partial charge in [0.25, 0.3) is 0 Å². The zero-order chi connectivity index (χ0) is 14.1. The van der Waals surface area contributed by atoms with Gasteiger partial charge in [-0.3, -0.25) is 0 Å². The lowest BCUT2D eigenvalue weighted by Gasteiger charge is -2.21. The zero-order valence-electron chi connectivity index (χ0n) is 11.5. The van der Waals surface area contributed by atoms with E-state index in [-0.39, 0.29) is 0 Å². The first kappa shape index (κ1) is 15.7. The van der Waals surface area contributed by atoms with Crippen molar-refractivity contribution >= 4 is 17.4 Å². The topological polar surface area (TPSA) is 28.2 Å². The Balaban J connectivity index is 2.79. The summed E-state index contributed by atoms with van der Waals surface area (Å²) in [6.07, 6.45) is 6.64. The van der Waals surface area contributed by atoms with Crippen LogP contribution in [0.4, 0.5) is 5.82 Å². The van der Waals surface area contributed by atoms with Crippen LogP contribution >= 0.6 is 11.6 Å². The van der Waals surface area contributed by atoms with E-state index in [1.165, 1.54) is 0 Å². The van der Waals surface area contributed by atoms with Gasteiger partial charge in [0, 0.05) is 25.8 Å². The van der Waals surface area contributed by atoms with Gasteiger partial charge >= 0.3 is 0 Å². The normalized spacial score (nSPS) is 10.2. The molecule has 19 heavy (non-hydrogen) atoms. The van der Waals surface area contributed by atoms with E-state index in [2.05, 4.69) is 30.4 Å². The minimum atomic E-state index is 0.666. The van der Waals surface area contributed by atoms with Gasteiger partial charge < -0.3 is 10.2 Å². The molecule has 0 saturated carbocycles. The van der Waals surface area contributed by atoms with Gasteiger partial charge in [0.15, 0.2) is 0 Å². The molecule has 0 saturated heterocycles. The van der Waals surface area contributed by atoms with Crippen LogP contribution in [0.1, 0.15) is 18.9 Å². The van der Waals surface area contributed by atoms with E-state index in [4.69, 9.17) is 11.6 Å². The van der Waals surface area contributed by atoms with Crippen LogP contribution in [0.25, 0.3) is 0 Å². The van der Waals surface area contributed by atoms with Gasteiger partial charge in [-0.15, -0.1) is 13.2 Å². The number of nitrogens with one attached hydrogen (secondary N) is 1. The Kier molecular flexibility index (Phi) is 7.23. The SMILES string of the molecule is C=CCN(CC=C)c1ncc(CNCCC)cc1Cl. The third-order valence-corrected chi connectivity index (χ3v) is 2.91. The van der Waals surface area contributed by atoms with E-state index in [9.17, 15) is 0 Å². The molecular weight excluding hydrogens is 258 g/mol. The number of hydrogen-bond acceptors (Lipinski definition) is 3. The van der Waals surface area contributed by atoms with Crippen LogP contribution in [0.5, 0.6) is 0 Å². The average molecular weight is 280 g/mol. The van der Waals surface area contributed by atoms with E-state index in [0.717, 1.165) is 30.9 Å². The first-order valence-corrected chi connectivity index (χ1v) is 6.92. The quantitative estimate of drug-likeness (QED) is 0.555. The van der Waals surface area contributed by atoms with Crippen molar-refractivity contribution in [3.63, 3.8) is 0 Å². The van der Waals surface area contributed by atoms with Gasteiger partial charge in [0.1, 0.15) is 5.82 Å². The molecule has 0 aliphatic heterocycles. The lowest BCUT2D eigenvalue weighted by Crippen LogP contribution is -2.24. The number of hydrogen-bond donors (Lipinski definition) is 1. The Morgan fingerprint density at radius 2 is 2.05 bits per heavy atom. The maximum atomic E-state index is 6.31. The second-order valence-corrected chi connectivity index (χ2v) is 4.72. The molecule has 0 bridgehead atoms. The Morgan fingerprint density at radius 1 is 1.37 bits per heavy atom. The molecule has 0 radical (unpaired) electrons. The number of nitrogens with zero attached hydrogens (tertiary/aromatic N) is 2. The molecule has 104 valence electrons. The van der Waals surface area contributed by atoms with Crippen molar-refractivity contribution < 1.29 is 0 Å². The molecule has 0 amide bonds. The highest BCUT2D eigenvalue weighted by molar-refractivity contribution is 6.33. The number of aromatic nitrogens is 1. The highest BCUT2D eigenvalue weighted by atomic mass is 35.5. The van der Waals surface area contributed by atoms with Crippen LogP contribution in [0.2, 0.25) is 5.02 Å². The molecule has 0 aliphatic rings. The molecule has 0 aliphatic carbocycles. The largest absolute Gasteiger partial charge is 0.348 e. The van der Waals surface area contributed by atoms with E-state index >= 15 is 0 Å². The summed E-state index contributed by atoms with van der Waals surface area (Å²) in [7, 11) is 0. The van der Waals surface area contributed by atoms with Gasteiger partial charge in [0.2, 0.25) is 0 Å². The summed E-state index contributed by atoms with van der Waals surface area (Å²) in [4.78, 5) is 6.49. The second kappa shape index (κ2) is 8.73. The lowest BCUT2D eigenvalue weighted by molar-refractivity contribution is 0.674. The minimum absolute atomic E-state index is 0.666. The van der Waals surface area contributed by atoms with Crippen molar-refractivity contribution in [1.29, 1.82) is 0 Å². The summed E-state index contributed by atoms with van der Waals surface area (Å²) in [6, 6.07) is 1.96. The average Bonchev–Trinajstić information content (AvgIpc) is 2.39. The van der Waals surface area contributed by atoms with E-state index in [1.54, 1.807) is 0 Å². The Morgan fingerprint density at radius 3 is 2.58 bits per heavy atom. The highest BCUT2D eigenvalue weighted by Crippen LogP contribution is 2.24. The van der Waals surface area contributed by atoms with Crippen LogP contribution in [0.3, 0.4) is 0 Å². The molecule has 3 nitrogen and oxygen atoms in total. The number of pyridine rings is 1. The predicted molar refractivity (Wildman–Crippen MR) is 83.9 cm³/mol. The molecule has 0 atom stereocenters. The van der Waals surface area contributed by atoms with E-state index in [0.29, 0.717) is 18.1 Å². The van der Waals surface area contributed by atoms with Crippen molar-refractivity contribution in [3.8, 4) is 0 Å². The molecule has 0 aromatic carbocycles. The molecule has 0 unspecified atom stereocenters. The van der Waals surface area contributed by atoms with E-state index < -0.39 is 0 Å². The number of halogens is 1. The zero-order valence-corrected chi connectivity index (χ0v) is 12.3. The van der Waals surface area contributed by atoms with Crippen LogP contribution in [0, 0.1) is 0 Å². The highest BCUT2D eigenvalue weighted by Gasteiger charge is 2.10. The lowest BCUT2D eigenvalue weighted by atomic mass is 10.2. The van der Waals surface area contributed by atoms with Crippen molar-refractivity contribution in [2.24, 2.45) is 0 Å². The smallest absolute Gasteiger partial charge is 0.147 e. The first-order chi connectivity index (χ1) is 9.22. The van der Waals surface area contributed by atoms with Gasteiger partial charge in [-0.2, -0.15) is 0 Å². The summed E-state index contributed by atoms with van der Waals surface area (Å²) in [5.74, 6) is 0.778. The Hall–Kier alpha value is -1.32. The maximum Gasteiger partial charge on any atom is 0.147 e. The summed E-state index contributed by atoms with van der Waals surface area (Å²) < 4.78 is 0. The third-order valence-electron chi connectivity index (χ3n) is 2.63. The molecule has 0 fully saturated rings. The summed E-state index contributed by atoms with van der Waals surface area (Å²) >= 11 is 6.31. The van der Waals surface area contributed by atoms with Crippen molar-refractivity contribution in [1.82, 2.24) is 10.3 Å². The predicted octanol–water partition coefficient (Wildman–Crippen LogP) is 3.41. The van der Waals surface area contributed by atoms with E-state index in [1.807, 2.05) is 29.3 Å². The van der Waals surface area contributed by atoms with Crippen LogP contribution in [-0.2, 0) is 6.54 Å². The monoisotopic (exact) mass is 279 g/mol. The fourth-order valence-corrected chi connectivity index (χ4v) is 2.08. The molecule has 1 heterocycles. The van der Waals surface area contributed by atoms with Crippen molar-refractivity contribution in [3.05, 3.63) is 48.2 Å². The summed E-state index contributed by atoms with van der Waals surface area (Å²) in [5.41, 5.74) is 1.10. The first-order valence-electron chi connectivity index (χ1n) is 6.54. The standard InChI is InChI=1S/C15H22ClN3/c1-4-7-17-11-13-10-14(16)15(18-12-13)19(8-5-2)9-6-3/h5-6,10,12,17H,2-4,7-9,11H2,1H3. The number of anilines is 1. The van der Waals surface area contributed by atoms with Crippen LogP contribution in [0.15, 0.2) is 37.6 Å². The maximum absolute atomic E-state index is 6.31. The molecular formula is C15H22ClN3. The van der Waals surface area contributed by atoms with Crippen LogP contribution in [-0.4, -0.2) is 24.6 Å². The second-order valence-electron chi connectivity index (χ2n) is 4.31. The van der Waals surface area contributed by atoms with Gasteiger partial charge in [-0.25, -0.2) is 4.98 Å². The Bertz CT molecular complexity index is 408. The molecule has 1 aromatic rings. The molecule has 1 aromatic heterocycles. The van der Waals surface area contributed by atoms with Crippen LogP contribution < -0.4 is 10.2 Å². The minimum Gasteiger partial charge on any atom is -0.348 e. The van der Waals surface area contributed by atoms with Gasteiger partial charge in [-0.1, -0.05) is 30.7 Å². The molecule has 1 rings (SSSR count). The fourth-order valence-electron chi connectivity index (χ4n) is 1.77. The molecule has 0 spiro atoms. The molecule has 4 heteroatoms. The summed E-state index contributed by atoms with van der Waals surface area (Å²) in [6.45, 7) is 12.8. The Labute approximate surface area is 121 Å². The molecule has 1 N–H and O–H groups in total. The van der Waals surface area contributed by atoms with Crippen molar-refractivity contribution in [2.75, 3.05) is 24.5 Å². The van der Waals surface area contributed by atoms with Gasteiger partial charge in [0.05, 0.1) is 5.02 Å².